The summed E-state index contributed by atoms with van der Waals surface area (Å²) < 4.78 is 41.2. The van der Waals surface area contributed by atoms with Crippen molar-refractivity contribution in [2.45, 2.75) is 56.5 Å². The number of benzene rings is 2. The first-order chi connectivity index (χ1) is 21.8. The summed E-state index contributed by atoms with van der Waals surface area (Å²) in [5.74, 6) is 0.0622. The number of ether oxygens (including phenoxy) is 2. The van der Waals surface area contributed by atoms with Crippen LogP contribution in [-0.4, -0.2) is 99.6 Å². The number of piperidine rings is 2. The van der Waals surface area contributed by atoms with E-state index < -0.39 is 24.3 Å². The van der Waals surface area contributed by atoms with Crippen molar-refractivity contribution in [2.75, 3.05) is 44.7 Å². The second-order valence-electron chi connectivity index (χ2n) is 11.7. The van der Waals surface area contributed by atoms with Crippen LogP contribution in [0.5, 0.6) is 5.75 Å². The third-order valence-electron chi connectivity index (χ3n) is 8.72. The molecule has 0 aliphatic carbocycles. The van der Waals surface area contributed by atoms with Gasteiger partial charge in [0.1, 0.15) is 36.2 Å². The number of hydrogen-bond acceptors (Lipinski definition) is 10. The number of alkyl halides is 1. The zero-order valence-electron chi connectivity index (χ0n) is 24.9. The lowest BCUT2D eigenvalue weighted by Crippen LogP contribution is -2.51. The maximum atomic E-state index is 15.2. The van der Waals surface area contributed by atoms with E-state index in [1.54, 1.807) is 18.2 Å². The number of hydrogen-bond donors (Lipinski definition) is 2. The smallest absolute Gasteiger partial charge is 0.251 e. The minimum Gasteiger partial charge on any atom is -0.486 e. The van der Waals surface area contributed by atoms with E-state index in [1.807, 2.05) is 12.1 Å². The standard InChI is InChI=1S/C32H35F2N7O4/c1-19(42)31(43)41-11-8-29(27(34)15-41)45-28-5-2-21(12-22(28)14-35)30-36-18-37-32(39-30)38-23-3-4-25(26(33)13-23)20-6-9-40(10-7-20)24-16-44-17-24/h2-5,12-13,18-20,24,27,29,42H,6-11,15-17H2,1H3,(H,36,37,38,39)/t19-,27-,29-/m0/s1. The highest BCUT2D eigenvalue weighted by atomic mass is 19.1. The van der Waals surface area contributed by atoms with E-state index in [9.17, 15) is 19.6 Å². The number of nitriles is 1. The molecule has 236 valence electrons. The van der Waals surface area contributed by atoms with Gasteiger partial charge in [-0.2, -0.15) is 10.2 Å². The molecule has 11 nitrogen and oxygen atoms in total. The van der Waals surface area contributed by atoms with Crippen LogP contribution in [0, 0.1) is 17.1 Å². The zero-order valence-corrected chi connectivity index (χ0v) is 24.9. The number of halogens is 2. The summed E-state index contributed by atoms with van der Waals surface area (Å²) in [7, 11) is 0. The van der Waals surface area contributed by atoms with Gasteiger partial charge in [0.25, 0.3) is 5.91 Å². The number of rotatable bonds is 8. The Morgan fingerprint density at radius 2 is 1.96 bits per heavy atom. The summed E-state index contributed by atoms with van der Waals surface area (Å²) in [6, 6.07) is 12.4. The minimum absolute atomic E-state index is 0.168. The molecule has 3 aliphatic rings. The van der Waals surface area contributed by atoms with Crippen molar-refractivity contribution >= 4 is 17.5 Å². The Morgan fingerprint density at radius 1 is 1.16 bits per heavy atom. The molecule has 4 heterocycles. The number of amides is 1. The molecule has 3 saturated heterocycles. The third kappa shape index (κ3) is 6.88. The van der Waals surface area contributed by atoms with Crippen LogP contribution >= 0.6 is 0 Å². The van der Waals surface area contributed by atoms with Crippen molar-refractivity contribution in [1.29, 1.82) is 5.26 Å². The highest BCUT2D eigenvalue weighted by molar-refractivity contribution is 5.80. The van der Waals surface area contributed by atoms with Crippen LogP contribution in [-0.2, 0) is 9.53 Å². The lowest BCUT2D eigenvalue weighted by atomic mass is 9.88. The molecule has 2 aromatic carbocycles. The van der Waals surface area contributed by atoms with Crippen LogP contribution in [0.3, 0.4) is 0 Å². The highest BCUT2D eigenvalue weighted by Gasteiger charge is 2.35. The van der Waals surface area contributed by atoms with Gasteiger partial charge in [-0.1, -0.05) is 6.07 Å². The summed E-state index contributed by atoms with van der Waals surface area (Å²) in [5.41, 5.74) is 1.90. The van der Waals surface area contributed by atoms with Crippen molar-refractivity contribution in [3.05, 3.63) is 59.7 Å². The normalized spacial score (nSPS) is 21.9. The van der Waals surface area contributed by atoms with E-state index in [0.717, 1.165) is 39.1 Å². The van der Waals surface area contributed by atoms with Crippen molar-refractivity contribution in [3.63, 3.8) is 0 Å². The van der Waals surface area contributed by atoms with E-state index in [0.29, 0.717) is 22.9 Å². The van der Waals surface area contributed by atoms with Gasteiger partial charge in [0, 0.05) is 24.2 Å². The van der Waals surface area contributed by atoms with Gasteiger partial charge in [0.2, 0.25) is 5.95 Å². The molecule has 1 aromatic heterocycles. The van der Waals surface area contributed by atoms with E-state index in [2.05, 4.69) is 31.2 Å². The van der Waals surface area contributed by atoms with E-state index >= 15 is 4.39 Å². The molecule has 2 N–H and O–H groups in total. The molecule has 13 heteroatoms. The Balaban J connectivity index is 1.09. The van der Waals surface area contributed by atoms with Gasteiger partial charge in [-0.3, -0.25) is 9.69 Å². The molecule has 3 fully saturated rings. The SMILES string of the molecule is C[C@H](O)C(=O)N1CC[C@H](Oc2ccc(-c3ncnc(Nc4ccc(C5CCN(C6COC6)CC5)c(F)c4)n3)cc2C#N)[C@@H](F)C1. The Bertz CT molecular complexity index is 1570. The molecule has 3 aromatic rings. The highest BCUT2D eigenvalue weighted by Crippen LogP contribution is 2.33. The summed E-state index contributed by atoms with van der Waals surface area (Å²) in [4.78, 5) is 28.6. The molecular weight excluding hydrogens is 584 g/mol. The number of anilines is 2. The number of aliphatic hydroxyl groups is 1. The summed E-state index contributed by atoms with van der Waals surface area (Å²) in [6.07, 6.45) is -0.185. The molecule has 0 saturated carbocycles. The van der Waals surface area contributed by atoms with Crippen LogP contribution in [0.25, 0.3) is 11.4 Å². The lowest BCUT2D eigenvalue weighted by Gasteiger charge is -2.41. The van der Waals surface area contributed by atoms with Gasteiger partial charge in [-0.15, -0.1) is 0 Å². The van der Waals surface area contributed by atoms with Crippen molar-refractivity contribution in [3.8, 4) is 23.2 Å². The molecule has 0 radical (unpaired) electrons. The number of carbonyl (C=O) groups is 1. The molecular formula is C32H35F2N7O4. The fourth-order valence-electron chi connectivity index (χ4n) is 6.07. The first kappa shape index (κ1) is 30.8. The predicted octanol–water partition coefficient (Wildman–Crippen LogP) is 3.57. The lowest BCUT2D eigenvalue weighted by molar-refractivity contribution is -0.143. The minimum atomic E-state index is -1.48. The Kier molecular flexibility index (Phi) is 9.16. The maximum absolute atomic E-state index is 15.2. The maximum Gasteiger partial charge on any atom is 0.251 e. The quantitative estimate of drug-likeness (QED) is 0.385. The van der Waals surface area contributed by atoms with Gasteiger partial charge in [-0.25, -0.2) is 18.7 Å². The summed E-state index contributed by atoms with van der Waals surface area (Å²) in [6.45, 7) is 4.84. The van der Waals surface area contributed by atoms with Crippen molar-refractivity contribution in [1.82, 2.24) is 24.8 Å². The Labute approximate surface area is 259 Å². The second-order valence-corrected chi connectivity index (χ2v) is 11.7. The molecule has 0 bridgehead atoms. The third-order valence-corrected chi connectivity index (χ3v) is 8.72. The average molecular weight is 620 g/mol. The first-order valence-electron chi connectivity index (χ1n) is 15.2. The van der Waals surface area contributed by atoms with Crippen LogP contribution < -0.4 is 10.1 Å². The first-order valence-corrected chi connectivity index (χ1v) is 15.2. The molecule has 0 unspecified atom stereocenters. The monoisotopic (exact) mass is 619 g/mol. The fourth-order valence-corrected chi connectivity index (χ4v) is 6.07. The van der Waals surface area contributed by atoms with Crippen LogP contribution in [0.2, 0.25) is 0 Å². The predicted molar refractivity (Wildman–Crippen MR) is 160 cm³/mol. The van der Waals surface area contributed by atoms with Crippen LogP contribution in [0.1, 0.15) is 43.2 Å². The van der Waals surface area contributed by atoms with Gasteiger partial charge in [0.05, 0.1) is 31.4 Å². The van der Waals surface area contributed by atoms with Gasteiger partial charge in [-0.05, 0) is 74.7 Å². The molecule has 3 atom stereocenters. The number of aromatic nitrogens is 3. The molecule has 45 heavy (non-hydrogen) atoms. The zero-order chi connectivity index (χ0) is 31.5. The summed E-state index contributed by atoms with van der Waals surface area (Å²) >= 11 is 0. The number of carbonyl (C=O) groups excluding carboxylic acids is 1. The average Bonchev–Trinajstić information content (AvgIpc) is 3.01. The number of aliphatic hydroxyl groups excluding tert-OH is 1. The summed E-state index contributed by atoms with van der Waals surface area (Å²) in [5, 5.41) is 22.3. The van der Waals surface area contributed by atoms with E-state index in [4.69, 9.17) is 9.47 Å². The largest absolute Gasteiger partial charge is 0.486 e. The second kappa shape index (κ2) is 13.4. The number of likely N-dealkylation sites (tertiary alicyclic amines) is 2. The number of nitrogens with zero attached hydrogens (tertiary/aromatic N) is 6. The fraction of sp³-hybridized carbons (Fsp3) is 0.469. The van der Waals surface area contributed by atoms with Crippen molar-refractivity contribution < 1.29 is 28.2 Å². The molecule has 6 rings (SSSR count). The molecule has 0 spiro atoms. The topological polar surface area (TPSA) is 137 Å². The number of nitrogens with one attached hydrogen (secondary N) is 1. The van der Waals surface area contributed by atoms with Gasteiger partial charge < -0.3 is 24.8 Å². The van der Waals surface area contributed by atoms with Crippen molar-refractivity contribution in [2.24, 2.45) is 0 Å². The van der Waals surface area contributed by atoms with E-state index in [1.165, 1.54) is 24.2 Å². The van der Waals surface area contributed by atoms with E-state index in [-0.39, 0.29) is 54.3 Å². The Morgan fingerprint density at radius 3 is 2.62 bits per heavy atom. The van der Waals surface area contributed by atoms with Gasteiger partial charge >= 0.3 is 0 Å². The van der Waals surface area contributed by atoms with Crippen LogP contribution in [0.15, 0.2) is 42.7 Å². The Hall–Kier alpha value is -4.25. The van der Waals surface area contributed by atoms with Gasteiger partial charge in [0.15, 0.2) is 12.0 Å². The van der Waals surface area contributed by atoms with Crippen LogP contribution in [0.4, 0.5) is 20.4 Å². The molecule has 1 amide bonds. The molecule has 3 aliphatic heterocycles.